The summed E-state index contributed by atoms with van der Waals surface area (Å²) in [4.78, 5) is 4.03. The Morgan fingerprint density at radius 1 is 1.33 bits per heavy atom. The Balaban J connectivity index is 2.14. The molecule has 2 rings (SSSR count). The summed E-state index contributed by atoms with van der Waals surface area (Å²) in [6.45, 7) is 2.46. The molecule has 0 aliphatic rings. The normalized spacial score (nSPS) is 11.3. The first-order valence-corrected chi connectivity index (χ1v) is 8.20. The molecule has 0 fully saturated rings. The van der Waals surface area contributed by atoms with E-state index >= 15 is 0 Å². The molecule has 1 heterocycles. The topological polar surface area (TPSA) is 68.3 Å². The fourth-order valence-electron chi connectivity index (χ4n) is 1.69. The highest BCUT2D eigenvalue weighted by atomic mass is 35.5. The van der Waals surface area contributed by atoms with E-state index in [4.69, 9.17) is 16.3 Å². The van der Waals surface area contributed by atoms with E-state index in [0.29, 0.717) is 12.4 Å². The molecule has 1 N–H and O–H groups in total. The number of aromatic nitrogens is 1. The van der Waals surface area contributed by atoms with E-state index in [2.05, 4.69) is 9.71 Å². The fourth-order valence-corrected chi connectivity index (χ4v) is 3.03. The number of halogens is 1. The summed E-state index contributed by atoms with van der Waals surface area (Å²) in [5.41, 5.74) is 0.776. The highest BCUT2D eigenvalue weighted by Crippen LogP contribution is 2.27. The number of nitrogens with zero attached hydrogens (tertiary/aromatic N) is 1. The van der Waals surface area contributed by atoms with E-state index in [0.717, 1.165) is 5.56 Å². The van der Waals surface area contributed by atoms with Crippen LogP contribution in [0.2, 0.25) is 5.02 Å². The number of nitrogens with one attached hydrogen (secondary N) is 1. The third-order valence-electron chi connectivity index (χ3n) is 2.70. The summed E-state index contributed by atoms with van der Waals surface area (Å²) >= 11 is 6.00. The summed E-state index contributed by atoms with van der Waals surface area (Å²) in [7, 11) is -3.63. The van der Waals surface area contributed by atoms with Crippen LogP contribution >= 0.6 is 11.6 Å². The average molecular weight is 327 g/mol. The van der Waals surface area contributed by atoms with Gasteiger partial charge in [-0.3, -0.25) is 4.98 Å². The lowest BCUT2D eigenvalue weighted by molar-refractivity contribution is 0.340. The molecule has 0 saturated heterocycles. The molecule has 0 radical (unpaired) electrons. The maximum Gasteiger partial charge on any atom is 0.240 e. The number of hydrogen-bond acceptors (Lipinski definition) is 4. The highest BCUT2D eigenvalue weighted by Gasteiger charge is 2.15. The van der Waals surface area contributed by atoms with Gasteiger partial charge < -0.3 is 4.74 Å². The number of pyridine rings is 1. The molecule has 21 heavy (non-hydrogen) atoms. The second kappa shape index (κ2) is 6.89. The second-order valence-electron chi connectivity index (χ2n) is 4.21. The van der Waals surface area contributed by atoms with Crippen LogP contribution in [0, 0.1) is 0 Å². The van der Waals surface area contributed by atoms with E-state index in [1.807, 2.05) is 6.92 Å². The SMILES string of the molecule is CCOc1ccc(S(=O)(=O)NCc2cccnc2)cc1Cl. The lowest BCUT2D eigenvalue weighted by Crippen LogP contribution is -2.23. The van der Waals surface area contributed by atoms with Crippen LogP contribution in [0.4, 0.5) is 0 Å². The van der Waals surface area contributed by atoms with Crippen molar-refractivity contribution in [3.05, 3.63) is 53.3 Å². The maximum atomic E-state index is 12.2. The van der Waals surface area contributed by atoms with Gasteiger partial charge in [-0.25, -0.2) is 13.1 Å². The van der Waals surface area contributed by atoms with Gasteiger partial charge in [-0.15, -0.1) is 0 Å². The second-order valence-corrected chi connectivity index (χ2v) is 6.39. The Morgan fingerprint density at radius 2 is 2.14 bits per heavy atom. The van der Waals surface area contributed by atoms with Crippen LogP contribution in [0.1, 0.15) is 12.5 Å². The number of sulfonamides is 1. The van der Waals surface area contributed by atoms with E-state index in [9.17, 15) is 8.42 Å². The predicted octanol–water partition coefficient (Wildman–Crippen LogP) is 2.61. The Labute approximate surface area is 129 Å². The van der Waals surface area contributed by atoms with Crippen molar-refractivity contribution in [2.75, 3.05) is 6.61 Å². The zero-order valence-corrected chi connectivity index (χ0v) is 13.0. The Morgan fingerprint density at radius 3 is 2.76 bits per heavy atom. The fraction of sp³-hybridized carbons (Fsp3) is 0.214. The van der Waals surface area contributed by atoms with Crippen molar-refractivity contribution in [2.24, 2.45) is 0 Å². The molecule has 0 atom stereocenters. The first-order valence-electron chi connectivity index (χ1n) is 6.34. The lowest BCUT2D eigenvalue weighted by atomic mass is 10.3. The van der Waals surface area contributed by atoms with Gasteiger partial charge in [0.05, 0.1) is 16.5 Å². The van der Waals surface area contributed by atoms with E-state index in [1.165, 1.54) is 12.1 Å². The quantitative estimate of drug-likeness (QED) is 0.886. The van der Waals surface area contributed by atoms with Crippen LogP contribution in [0.3, 0.4) is 0 Å². The van der Waals surface area contributed by atoms with Crippen molar-refractivity contribution < 1.29 is 13.2 Å². The van der Waals surface area contributed by atoms with Crippen molar-refractivity contribution >= 4 is 21.6 Å². The van der Waals surface area contributed by atoms with Gasteiger partial charge in [0.2, 0.25) is 10.0 Å². The van der Waals surface area contributed by atoms with Gasteiger partial charge in [-0.2, -0.15) is 0 Å². The number of benzene rings is 1. The molecule has 0 spiro atoms. The molecular formula is C14H15ClN2O3S. The Bertz CT molecular complexity index is 705. The Hall–Kier alpha value is -1.63. The molecule has 1 aromatic heterocycles. The van der Waals surface area contributed by atoms with Gasteiger partial charge in [0.25, 0.3) is 0 Å². The molecule has 7 heteroatoms. The highest BCUT2D eigenvalue weighted by molar-refractivity contribution is 7.89. The molecule has 2 aromatic rings. The number of ether oxygens (including phenoxy) is 1. The number of hydrogen-bond donors (Lipinski definition) is 1. The molecule has 5 nitrogen and oxygen atoms in total. The smallest absolute Gasteiger partial charge is 0.240 e. The van der Waals surface area contributed by atoms with E-state index in [-0.39, 0.29) is 16.5 Å². The Kier molecular flexibility index (Phi) is 5.17. The minimum absolute atomic E-state index is 0.0971. The standard InChI is InChI=1S/C14H15ClN2O3S/c1-2-20-14-6-5-12(8-13(14)15)21(18,19)17-10-11-4-3-7-16-9-11/h3-9,17H,2,10H2,1H3. The minimum atomic E-state index is -3.63. The summed E-state index contributed by atoms with van der Waals surface area (Å²) in [5.74, 6) is 0.463. The summed E-state index contributed by atoms with van der Waals surface area (Å²) in [6, 6.07) is 7.92. The first-order chi connectivity index (χ1) is 10.0. The van der Waals surface area contributed by atoms with Crippen molar-refractivity contribution in [3.8, 4) is 5.75 Å². The van der Waals surface area contributed by atoms with Gasteiger partial charge in [0.1, 0.15) is 5.75 Å². The van der Waals surface area contributed by atoms with Gasteiger partial charge in [-0.1, -0.05) is 17.7 Å². The zero-order valence-electron chi connectivity index (χ0n) is 11.4. The summed E-state index contributed by atoms with van der Waals surface area (Å²) in [6.07, 6.45) is 3.23. The van der Waals surface area contributed by atoms with Crippen molar-refractivity contribution in [2.45, 2.75) is 18.4 Å². The first kappa shape index (κ1) is 15.8. The van der Waals surface area contributed by atoms with Crippen LogP contribution in [0.15, 0.2) is 47.6 Å². The molecule has 0 saturated carbocycles. The molecule has 0 aliphatic carbocycles. The van der Waals surface area contributed by atoms with E-state index in [1.54, 1.807) is 30.6 Å². The summed E-state index contributed by atoms with van der Waals surface area (Å²) < 4.78 is 32.2. The van der Waals surface area contributed by atoms with Crippen LogP contribution in [0.25, 0.3) is 0 Å². The third kappa shape index (κ3) is 4.17. The molecule has 0 bridgehead atoms. The molecule has 0 amide bonds. The van der Waals surface area contributed by atoms with Crippen LogP contribution in [-0.4, -0.2) is 20.0 Å². The zero-order chi connectivity index (χ0) is 15.3. The monoisotopic (exact) mass is 326 g/mol. The lowest BCUT2D eigenvalue weighted by Gasteiger charge is -2.09. The van der Waals surface area contributed by atoms with Crippen LogP contribution in [0.5, 0.6) is 5.75 Å². The van der Waals surface area contributed by atoms with Gasteiger partial charge in [-0.05, 0) is 36.8 Å². The van der Waals surface area contributed by atoms with Crippen molar-refractivity contribution in [3.63, 3.8) is 0 Å². The van der Waals surface area contributed by atoms with Crippen LogP contribution < -0.4 is 9.46 Å². The van der Waals surface area contributed by atoms with Crippen molar-refractivity contribution in [1.29, 1.82) is 0 Å². The molecule has 0 unspecified atom stereocenters. The molecule has 112 valence electrons. The van der Waals surface area contributed by atoms with Crippen molar-refractivity contribution in [1.82, 2.24) is 9.71 Å². The molecular weight excluding hydrogens is 312 g/mol. The van der Waals surface area contributed by atoms with Gasteiger partial charge in [0.15, 0.2) is 0 Å². The minimum Gasteiger partial charge on any atom is -0.492 e. The molecule has 1 aromatic carbocycles. The maximum absolute atomic E-state index is 12.2. The summed E-state index contributed by atoms with van der Waals surface area (Å²) in [5, 5.41) is 0.265. The van der Waals surface area contributed by atoms with E-state index < -0.39 is 10.0 Å². The third-order valence-corrected chi connectivity index (χ3v) is 4.40. The average Bonchev–Trinajstić information content (AvgIpc) is 2.48. The largest absolute Gasteiger partial charge is 0.492 e. The predicted molar refractivity (Wildman–Crippen MR) is 80.9 cm³/mol. The van der Waals surface area contributed by atoms with Gasteiger partial charge in [0, 0.05) is 18.9 Å². The van der Waals surface area contributed by atoms with Gasteiger partial charge >= 0.3 is 0 Å². The molecule has 0 aliphatic heterocycles. The van der Waals surface area contributed by atoms with Crippen LogP contribution in [-0.2, 0) is 16.6 Å². The number of rotatable bonds is 6.